The van der Waals surface area contributed by atoms with Gasteiger partial charge in [-0.05, 0) is 36.8 Å². The molecule has 0 radical (unpaired) electrons. The lowest BCUT2D eigenvalue weighted by atomic mass is 9.94. The Bertz CT molecular complexity index is 349. The largest absolute Gasteiger partial charge is 0.374 e. The van der Waals surface area contributed by atoms with Crippen molar-refractivity contribution in [2.75, 3.05) is 13.7 Å². The normalized spacial score (nSPS) is 24.1. The standard InChI is InChI=1S/C14H19NO/c1-16-14(8-9-14)12-4-2-11(3-5-12)13(10-15)6-7-13/h2-5H,6-10,15H2,1H3. The first kappa shape index (κ1) is 10.3. The van der Waals surface area contributed by atoms with E-state index in [1.807, 2.05) is 7.11 Å². The molecule has 0 atom stereocenters. The monoisotopic (exact) mass is 217 g/mol. The summed E-state index contributed by atoms with van der Waals surface area (Å²) in [7, 11) is 1.81. The molecule has 0 aromatic heterocycles. The Kier molecular flexibility index (Phi) is 2.13. The highest BCUT2D eigenvalue weighted by molar-refractivity contribution is 5.37. The van der Waals surface area contributed by atoms with Crippen LogP contribution in [0.3, 0.4) is 0 Å². The van der Waals surface area contributed by atoms with Gasteiger partial charge < -0.3 is 10.5 Å². The van der Waals surface area contributed by atoms with Crippen LogP contribution in [0.5, 0.6) is 0 Å². The van der Waals surface area contributed by atoms with Crippen LogP contribution in [-0.4, -0.2) is 13.7 Å². The highest BCUT2D eigenvalue weighted by atomic mass is 16.5. The van der Waals surface area contributed by atoms with E-state index in [0.717, 1.165) is 19.4 Å². The molecule has 2 nitrogen and oxygen atoms in total. The number of methoxy groups -OCH3 is 1. The van der Waals surface area contributed by atoms with Crippen molar-refractivity contribution in [2.24, 2.45) is 5.73 Å². The van der Waals surface area contributed by atoms with Crippen LogP contribution < -0.4 is 5.73 Å². The quantitative estimate of drug-likeness (QED) is 0.840. The van der Waals surface area contributed by atoms with E-state index < -0.39 is 0 Å². The van der Waals surface area contributed by atoms with Gasteiger partial charge in [0.1, 0.15) is 0 Å². The summed E-state index contributed by atoms with van der Waals surface area (Å²) in [5.74, 6) is 0. The zero-order valence-electron chi connectivity index (χ0n) is 9.83. The Hall–Kier alpha value is -0.860. The van der Waals surface area contributed by atoms with Crippen LogP contribution in [0.4, 0.5) is 0 Å². The molecular weight excluding hydrogens is 198 g/mol. The second-order valence-electron chi connectivity index (χ2n) is 5.26. The van der Waals surface area contributed by atoms with E-state index in [2.05, 4.69) is 24.3 Å². The van der Waals surface area contributed by atoms with Gasteiger partial charge in [0.2, 0.25) is 0 Å². The van der Waals surface area contributed by atoms with E-state index in [9.17, 15) is 0 Å². The highest BCUT2D eigenvalue weighted by Crippen LogP contribution is 2.50. The molecule has 0 bridgehead atoms. The Morgan fingerprint density at radius 1 is 1.06 bits per heavy atom. The van der Waals surface area contributed by atoms with E-state index in [-0.39, 0.29) is 5.60 Å². The van der Waals surface area contributed by atoms with Crippen molar-refractivity contribution in [1.82, 2.24) is 0 Å². The van der Waals surface area contributed by atoms with Crippen LogP contribution in [0.1, 0.15) is 36.8 Å². The van der Waals surface area contributed by atoms with Gasteiger partial charge in [0, 0.05) is 19.1 Å². The average molecular weight is 217 g/mol. The third-order valence-electron chi connectivity index (χ3n) is 4.36. The van der Waals surface area contributed by atoms with Crippen molar-refractivity contribution in [3.05, 3.63) is 35.4 Å². The zero-order chi connectivity index (χ0) is 11.2. The zero-order valence-corrected chi connectivity index (χ0v) is 9.83. The minimum absolute atomic E-state index is 0.0396. The summed E-state index contributed by atoms with van der Waals surface area (Å²) < 4.78 is 5.58. The summed E-state index contributed by atoms with van der Waals surface area (Å²) in [6, 6.07) is 8.94. The minimum atomic E-state index is 0.0396. The number of ether oxygens (including phenoxy) is 1. The minimum Gasteiger partial charge on any atom is -0.374 e. The first-order chi connectivity index (χ1) is 7.75. The predicted octanol–water partition coefficient (Wildman–Crippen LogP) is 2.31. The number of hydrogen-bond acceptors (Lipinski definition) is 2. The molecule has 2 N–H and O–H groups in total. The van der Waals surface area contributed by atoms with Crippen molar-refractivity contribution >= 4 is 0 Å². The first-order valence-electron chi connectivity index (χ1n) is 6.11. The molecule has 0 heterocycles. The van der Waals surface area contributed by atoms with Crippen molar-refractivity contribution in [1.29, 1.82) is 0 Å². The van der Waals surface area contributed by atoms with Gasteiger partial charge in [0.05, 0.1) is 5.60 Å². The summed E-state index contributed by atoms with van der Waals surface area (Å²) in [6.07, 6.45) is 4.81. The number of rotatable bonds is 4. The molecule has 0 amide bonds. The maximum absolute atomic E-state index is 5.84. The van der Waals surface area contributed by atoms with Crippen molar-refractivity contribution < 1.29 is 4.74 Å². The van der Waals surface area contributed by atoms with Gasteiger partial charge in [-0.2, -0.15) is 0 Å². The van der Waals surface area contributed by atoms with Crippen LogP contribution in [-0.2, 0) is 15.8 Å². The third kappa shape index (κ3) is 1.40. The van der Waals surface area contributed by atoms with Gasteiger partial charge in [-0.1, -0.05) is 24.3 Å². The van der Waals surface area contributed by atoms with Crippen LogP contribution in [0, 0.1) is 0 Å². The highest BCUT2D eigenvalue weighted by Gasteiger charge is 2.46. The summed E-state index contributed by atoms with van der Waals surface area (Å²) in [6.45, 7) is 0.780. The SMILES string of the molecule is COC1(c2ccc(C3(CN)CC3)cc2)CC1. The fourth-order valence-electron chi connectivity index (χ4n) is 2.61. The molecular formula is C14H19NO. The van der Waals surface area contributed by atoms with Crippen molar-refractivity contribution in [3.63, 3.8) is 0 Å². The molecule has 2 fully saturated rings. The van der Waals surface area contributed by atoms with Crippen molar-refractivity contribution in [3.8, 4) is 0 Å². The second-order valence-corrected chi connectivity index (χ2v) is 5.26. The molecule has 0 unspecified atom stereocenters. The van der Waals surface area contributed by atoms with Crippen LogP contribution in [0.2, 0.25) is 0 Å². The molecule has 0 aliphatic heterocycles. The molecule has 2 saturated carbocycles. The van der Waals surface area contributed by atoms with Crippen molar-refractivity contribution in [2.45, 2.75) is 36.7 Å². The van der Waals surface area contributed by atoms with Crippen LogP contribution >= 0.6 is 0 Å². The van der Waals surface area contributed by atoms with E-state index >= 15 is 0 Å². The number of benzene rings is 1. The molecule has 1 aromatic rings. The van der Waals surface area contributed by atoms with Gasteiger partial charge in [-0.25, -0.2) is 0 Å². The predicted molar refractivity (Wildman–Crippen MR) is 64.3 cm³/mol. The fraction of sp³-hybridized carbons (Fsp3) is 0.571. The Balaban J connectivity index is 1.86. The van der Waals surface area contributed by atoms with E-state index in [1.54, 1.807) is 0 Å². The maximum Gasteiger partial charge on any atom is 0.0929 e. The van der Waals surface area contributed by atoms with Crippen LogP contribution in [0.25, 0.3) is 0 Å². The lowest BCUT2D eigenvalue weighted by molar-refractivity contribution is 0.0789. The van der Waals surface area contributed by atoms with Gasteiger partial charge in [-0.3, -0.25) is 0 Å². The smallest absolute Gasteiger partial charge is 0.0929 e. The summed E-state index contributed by atoms with van der Waals surface area (Å²) >= 11 is 0. The Morgan fingerprint density at radius 2 is 1.62 bits per heavy atom. The molecule has 0 spiro atoms. The summed E-state index contributed by atoms with van der Waals surface area (Å²) in [5.41, 5.74) is 8.92. The second kappa shape index (κ2) is 3.31. The lowest BCUT2D eigenvalue weighted by Crippen LogP contribution is -2.19. The van der Waals surface area contributed by atoms with Gasteiger partial charge >= 0.3 is 0 Å². The van der Waals surface area contributed by atoms with Gasteiger partial charge in [-0.15, -0.1) is 0 Å². The average Bonchev–Trinajstić information content (AvgIpc) is 3.24. The van der Waals surface area contributed by atoms with Gasteiger partial charge in [0.25, 0.3) is 0 Å². The van der Waals surface area contributed by atoms with Gasteiger partial charge in [0.15, 0.2) is 0 Å². The Morgan fingerprint density at radius 3 is 2.00 bits per heavy atom. The molecule has 0 saturated heterocycles. The first-order valence-corrected chi connectivity index (χ1v) is 6.11. The van der Waals surface area contributed by atoms with E-state index in [1.165, 1.54) is 24.0 Å². The maximum atomic E-state index is 5.84. The summed E-state index contributed by atoms with van der Waals surface area (Å²) in [5, 5.41) is 0. The Labute approximate surface area is 96.8 Å². The molecule has 2 heteroatoms. The van der Waals surface area contributed by atoms with E-state index in [4.69, 9.17) is 10.5 Å². The molecule has 2 aliphatic carbocycles. The number of hydrogen-bond donors (Lipinski definition) is 1. The molecule has 16 heavy (non-hydrogen) atoms. The van der Waals surface area contributed by atoms with E-state index in [0.29, 0.717) is 5.41 Å². The summed E-state index contributed by atoms with van der Waals surface area (Å²) in [4.78, 5) is 0. The number of nitrogens with two attached hydrogens (primary N) is 1. The molecule has 3 rings (SSSR count). The molecule has 1 aromatic carbocycles. The lowest BCUT2D eigenvalue weighted by Gasteiger charge is -2.17. The molecule has 86 valence electrons. The fourth-order valence-corrected chi connectivity index (χ4v) is 2.61. The third-order valence-corrected chi connectivity index (χ3v) is 4.36. The molecule has 2 aliphatic rings. The van der Waals surface area contributed by atoms with Crippen LogP contribution in [0.15, 0.2) is 24.3 Å². The topological polar surface area (TPSA) is 35.2 Å².